The first-order valence-corrected chi connectivity index (χ1v) is 9.13. The Kier molecular flexibility index (Phi) is 3.66. The molecule has 1 aromatic carbocycles. The van der Waals surface area contributed by atoms with Gasteiger partial charge in [0.15, 0.2) is 0 Å². The Morgan fingerprint density at radius 1 is 1.30 bits per heavy atom. The zero-order valence-electron chi connectivity index (χ0n) is 11.1. The van der Waals surface area contributed by atoms with Crippen molar-refractivity contribution < 1.29 is 8.42 Å². The molecule has 0 amide bonds. The normalized spacial score (nSPS) is 17.0. The van der Waals surface area contributed by atoms with Crippen LogP contribution in [0.1, 0.15) is 12.8 Å². The molecule has 7 heteroatoms. The molecule has 1 saturated heterocycles. The fourth-order valence-electron chi connectivity index (χ4n) is 2.40. The summed E-state index contributed by atoms with van der Waals surface area (Å²) in [6.45, 7) is 2.61. The predicted octanol–water partition coefficient (Wildman–Crippen LogP) is 1.75. The average molecular weight is 311 g/mol. The van der Waals surface area contributed by atoms with Gasteiger partial charge in [0.25, 0.3) is 0 Å². The molecule has 0 spiro atoms. The van der Waals surface area contributed by atoms with Crippen LogP contribution in [0.2, 0.25) is 0 Å². The van der Waals surface area contributed by atoms with E-state index in [-0.39, 0.29) is 10.1 Å². The molecule has 0 radical (unpaired) electrons. The Bertz CT molecular complexity index is 718. The Hall–Kier alpha value is -1.18. The number of rotatable bonds is 4. The third kappa shape index (κ3) is 2.79. The highest BCUT2D eigenvalue weighted by molar-refractivity contribution is 7.93. The van der Waals surface area contributed by atoms with Crippen molar-refractivity contribution in [3.63, 3.8) is 0 Å². The number of nitrogens with two attached hydrogens (primary N) is 1. The Morgan fingerprint density at radius 2 is 2.05 bits per heavy atom. The van der Waals surface area contributed by atoms with E-state index in [0.29, 0.717) is 17.7 Å². The number of benzene rings is 1. The van der Waals surface area contributed by atoms with Gasteiger partial charge in [0.2, 0.25) is 14.2 Å². The van der Waals surface area contributed by atoms with Gasteiger partial charge in [-0.3, -0.25) is 0 Å². The molecule has 0 bridgehead atoms. The first kappa shape index (κ1) is 13.8. The number of fused-ring (bicyclic) bond motifs is 1. The smallest absolute Gasteiger partial charge is 0.210 e. The molecule has 2 heterocycles. The first-order valence-electron chi connectivity index (χ1n) is 6.66. The second kappa shape index (κ2) is 5.31. The Morgan fingerprint density at radius 3 is 2.80 bits per heavy atom. The van der Waals surface area contributed by atoms with Crippen molar-refractivity contribution in [3.8, 4) is 0 Å². The molecule has 0 atom stereocenters. The lowest BCUT2D eigenvalue weighted by Gasteiger charge is -2.13. The molecule has 0 aliphatic carbocycles. The summed E-state index contributed by atoms with van der Waals surface area (Å²) in [7, 11) is -3.30. The van der Waals surface area contributed by atoms with Gasteiger partial charge >= 0.3 is 0 Å². The van der Waals surface area contributed by atoms with Gasteiger partial charge in [0.1, 0.15) is 0 Å². The van der Waals surface area contributed by atoms with Gasteiger partial charge in [-0.25, -0.2) is 13.4 Å². The molecular formula is C13H17N3O2S2. The molecule has 2 aromatic rings. The van der Waals surface area contributed by atoms with Crippen molar-refractivity contribution in [2.45, 2.75) is 17.2 Å². The summed E-state index contributed by atoms with van der Waals surface area (Å²) in [5, 5.41) is 0. The summed E-state index contributed by atoms with van der Waals surface area (Å²) >= 11 is 1.20. The van der Waals surface area contributed by atoms with Gasteiger partial charge in [0, 0.05) is 12.2 Å². The molecule has 1 aliphatic rings. The second-order valence-electron chi connectivity index (χ2n) is 5.07. The van der Waals surface area contributed by atoms with Crippen LogP contribution < -0.4 is 5.73 Å². The van der Waals surface area contributed by atoms with Crippen LogP contribution in [0.3, 0.4) is 0 Å². The van der Waals surface area contributed by atoms with Gasteiger partial charge in [-0.1, -0.05) is 0 Å². The van der Waals surface area contributed by atoms with Crippen molar-refractivity contribution in [2.75, 3.05) is 31.1 Å². The Balaban J connectivity index is 1.81. The maximum absolute atomic E-state index is 12.3. The zero-order valence-corrected chi connectivity index (χ0v) is 12.7. The van der Waals surface area contributed by atoms with Crippen molar-refractivity contribution in [2.24, 2.45) is 0 Å². The van der Waals surface area contributed by atoms with Crippen LogP contribution in [0.15, 0.2) is 22.5 Å². The van der Waals surface area contributed by atoms with Gasteiger partial charge in [-0.15, -0.1) is 11.3 Å². The standard InChI is InChI=1S/C13H17N3O2S2/c14-10-3-4-11-12(9-10)19-13(15-11)20(17,18)8-7-16-5-1-2-6-16/h3-4,9H,1-2,5-8,14H2. The number of aromatic nitrogens is 1. The minimum Gasteiger partial charge on any atom is -0.399 e. The average Bonchev–Trinajstić information content (AvgIpc) is 3.05. The van der Waals surface area contributed by atoms with Crippen LogP contribution in [0.4, 0.5) is 5.69 Å². The second-order valence-corrected chi connectivity index (χ2v) is 8.39. The molecule has 0 unspecified atom stereocenters. The molecule has 0 saturated carbocycles. The van der Waals surface area contributed by atoms with Crippen LogP contribution >= 0.6 is 11.3 Å². The fraction of sp³-hybridized carbons (Fsp3) is 0.462. The maximum atomic E-state index is 12.3. The van der Waals surface area contributed by atoms with E-state index in [2.05, 4.69) is 9.88 Å². The minimum absolute atomic E-state index is 0.141. The summed E-state index contributed by atoms with van der Waals surface area (Å²) in [5.41, 5.74) is 7.03. The molecule has 108 valence electrons. The lowest BCUT2D eigenvalue weighted by Crippen LogP contribution is -2.26. The van der Waals surface area contributed by atoms with Crippen LogP contribution in [0.5, 0.6) is 0 Å². The molecule has 5 nitrogen and oxygen atoms in total. The van der Waals surface area contributed by atoms with Crippen molar-refractivity contribution in [3.05, 3.63) is 18.2 Å². The zero-order chi connectivity index (χ0) is 14.2. The van der Waals surface area contributed by atoms with E-state index in [1.807, 2.05) is 0 Å². The summed E-state index contributed by atoms with van der Waals surface area (Å²) in [4.78, 5) is 6.42. The van der Waals surface area contributed by atoms with E-state index in [1.165, 1.54) is 24.2 Å². The molecule has 1 fully saturated rings. The number of likely N-dealkylation sites (tertiary alicyclic amines) is 1. The van der Waals surface area contributed by atoms with Crippen molar-refractivity contribution >= 4 is 37.1 Å². The molecule has 3 rings (SSSR count). The quantitative estimate of drug-likeness (QED) is 0.871. The predicted molar refractivity (Wildman–Crippen MR) is 81.8 cm³/mol. The number of anilines is 1. The van der Waals surface area contributed by atoms with Crippen LogP contribution in [0, 0.1) is 0 Å². The van der Waals surface area contributed by atoms with E-state index in [4.69, 9.17) is 5.73 Å². The SMILES string of the molecule is Nc1ccc2nc(S(=O)(=O)CCN3CCCC3)sc2c1. The highest BCUT2D eigenvalue weighted by atomic mass is 32.2. The van der Waals surface area contributed by atoms with Crippen LogP contribution in [-0.4, -0.2) is 43.7 Å². The molecule has 20 heavy (non-hydrogen) atoms. The van der Waals surface area contributed by atoms with Crippen molar-refractivity contribution in [1.82, 2.24) is 9.88 Å². The van der Waals surface area contributed by atoms with E-state index in [9.17, 15) is 8.42 Å². The van der Waals surface area contributed by atoms with E-state index < -0.39 is 9.84 Å². The third-order valence-electron chi connectivity index (χ3n) is 3.53. The minimum atomic E-state index is -3.30. The number of nitrogens with zero attached hydrogens (tertiary/aromatic N) is 2. The van der Waals surface area contributed by atoms with Gasteiger partial charge < -0.3 is 10.6 Å². The van der Waals surface area contributed by atoms with Crippen LogP contribution in [0.25, 0.3) is 10.2 Å². The van der Waals surface area contributed by atoms with E-state index in [0.717, 1.165) is 17.8 Å². The summed E-state index contributed by atoms with van der Waals surface area (Å²) < 4.78 is 25.7. The fourth-order valence-corrected chi connectivity index (χ4v) is 5.08. The number of hydrogen-bond donors (Lipinski definition) is 1. The lowest BCUT2D eigenvalue weighted by atomic mass is 10.3. The summed E-state index contributed by atoms with van der Waals surface area (Å²) in [5.74, 6) is 0.141. The maximum Gasteiger partial charge on any atom is 0.210 e. The summed E-state index contributed by atoms with van der Waals surface area (Å²) in [6, 6.07) is 5.27. The number of nitrogen functional groups attached to an aromatic ring is 1. The monoisotopic (exact) mass is 311 g/mol. The summed E-state index contributed by atoms with van der Waals surface area (Å²) in [6.07, 6.45) is 2.33. The highest BCUT2D eigenvalue weighted by Gasteiger charge is 2.22. The van der Waals surface area contributed by atoms with E-state index >= 15 is 0 Å². The number of hydrogen-bond acceptors (Lipinski definition) is 6. The van der Waals surface area contributed by atoms with E-state index in [1.54, 1.807) is 18.2 Å². The molecule has 1 aliphatic heterocycles. The highest BCUT2D eigenvalue weighted by Crippen LogP contribution is 2.27. The largest absolute Gasteiger partial charge is 0.399 e. The van der Waals surface area contributed by atoms with Gasteiger partial charge in [-0.05, 0) is 44.1 Å². The van der Waals surface area contributed by atoms with Crippen LogP contribution in [-0.2, 0) is 9.84 Å². The Labute approximate surface area is 122 Å². The lowest BCUT2D eigenvalue weighted by molar-refractivity contribution is 0.359. The van der Waals surface area contributed by atoms with Crippen molar-refractivity contribution in [1.29, 1.82) is 0 Å². The topological polar surface area (TPSA) is 76.3 Å². The molecule has 1 aromatic heterocycles. The third-order valence-corrected chi connectivity index (χ3v) is 6.70. The molecule has 2 N–H and O–H groups in total. The van der Waals surface area contributed by atoms with Gasteiger partial charge in [0.05, 0.1) is 16.0 Å². The number of thiazole rings is 1. The number of sulfone groups is 1. The first-order chi connectivity index (χ1) is 9.54. The van der Waals surface area contributed by atoms with Gasteiger partial charge in [-0.2, -0.15) is 0 Å². The molecular weight excluding hydrogens is 294 g/mol.